The van der Waals surface area contributed by atoms with E-state index in [1.165, 1.54) is 11.8 Å². The quantitative estimate of drug-likeness (QED) is 0.684. The highest BCUT2D eigenvalue weighted by Gasteiger charge is 2.22. The molecule has 0 bridgehead atoms. The fourth-order valence-electron chi connectivity index (χ4n) is 3.07. The van der Waals surface area contributed by atoms with E-state index in [0.29, 0.717) is 18.1 Å². The number of nitrogens with zero attached hydrogens (tertiary/aromatic N) is 4. The van der Waals surface area contributed by atoms with Gasteiger partial charge in [0, 0.05) is 24.5 Å². The predicted molar refractivity (Wildman–Crippen MR) is 106 cm³/mol. The molecule has 0 aliphatic heterocycles. The summed E-state index contributed by atoms with van der Waals surface area (Å²) in [6, 6.07) is 9.84. The molecule has 1 aliphatic carbocycles. The normalized spacial score (nSPS) is 13.2. The van der Waals surface area contributed by atoms with Crippen LogP contribution in [0.3, 0.4) is 0 Å². The van der Waals surface area contributed by atoms with Crippen LogP contribution in [-0.4, -0.2) is 35.9 Å². The van der Waals surface area contributed by atoms with E-state index in [0.717, 1.165) is 43.1 Å². The van der Waals surface area contributed by atoms with E-state index in [1.54, 1.807) is 6.08 Å². The van der Waals surface area contributed by atoms with E-state index in [9.17, 15) is 0 Å². The summed E-state index contributed by atoms with van der Waals surface area (Å²) in [6.07, 6.45) is 6.25. The highest BCUT2D eigenvalue weighted by atomic mass is 16.5. The highest BCUT2D eigenvalue weighted by Crippen LogP contribution is 2.28. The Bertz CT molecular complexity index is 814. The number of likely N-dealkylation sites (N-methyl/N-ethyl adjacent to an activating group) is 1. The summed E-state index contributed by atoms with van der Waals surface area (Å²) in [4.78, 5) is 15.8. The number of aromatic nitrogens is 2. The van der Waals surface area contributed by atoms with Crippen LogP contribution in [0.1, 0.15) is 23.5 Å². The zero-order chi connectivity index (χ0) is 18.4. The minimum Gasteiger partial charge on any atom is -0.492 e. The molecule has 0 radical (unpaired) electrons. The van der Waals surface area contributed by atoms with Gasteiger partial charge in [-0.05, 0) is 37.5 Å². The topological polar surface area (TPSA) is 50.6 Å². The Balaban J connectivity index is 1.79. The third kappa shape index (κ3) is 3.99. The standard InChI is InChI=1S/C21H24N4O/c1-4-18(22-5-2)20-23-19-13-9-12-17(19)21(24-20)25(3)14-15-26-16-10-7-6-8-11-16/h4-8,10-11H,1-2,9,12-15H2,3H3. The molecule has 5 nitrogen and oxygen atoms in total. The first kappa shape index (κ1) is 17.9. The van der Waals surface area contributed by atoms with Gasteiger partial charge in [-0.2, -0.15) is 0 Å². The molecule has 1 aliphatic rings. The van der Waals surface area contributed by atoms with Crippen LogP contribution in [0.15, 0.2) is 60.8 Å². The van der Waals surface area contributed by atoms with Crippen LogP contribution >= 0.6 is 0 Å². The van der Waals surface area contributed by atoms with Crippen LogP contribution in [0.5, 0.6) is 5.75 Å². The summed E-state index contributed by atoms with van der Waals surface area (Å²) in [5.41, 5.74) is 2.99. The number of aliphatic imine (C=N–C) groups is 1. The van der Waals surface area contributed by atoms with E-state index in [1.807, 2.05) is 37.4 Å². The van der Waals surface area contributed by atoms with E-state index in [4.69, 9.17) is 14.7 Å². The van der Waals surface area contributed by atoms with Gasteiger partial charge in [0.05, 0.1) is 6.54 Å². The lowest BCUT2D eigenvalue weighted by atomic mass is 10.2. The number of anilines is 1. The van der Waals surface area contributed by atoms with Gasteiger partial charge in [-0.1, -0.05) is 31.4 Å². The fourth-order valence-corrected chi connectivity index (χ4v) is 3.07. The molecule has 0 fully saturated rings. The molecule has 1 aromatic carbocycles. The van der Waals surface area contributed by atoms with E-state index < -0.39 is 0 Å². The molecule has 0 unspecified atom stereocenters. The van der Waals surface area contributed by atoms with Gasteiger partial charge in [0.15, 0.2) is 5.82 Å². The molecule has 1 aromatic heterocycles. The molecule has 5 heteroatoms. The number of benzene rings is 1. The second-order valence-electron chi connectivity index (χ2n) is 6.13. The van der Waals surface area contributed by atoms with Gasteiger partial charge in [-0.3, -0.25) is 4.99 Å². The molecule has 2 aromatic rings. The van der Waals surface area contributed by atoms with Crippen LogP contribution < -0.4 is 9.64 Å². The summed E-state index contributed by atoms with van der Waals surface area (Å²) in [5.74, 6) is 2.44. The summed E-state index contributed by atoms with van der Waals surface area (Å²) in [7, 11) is 2.04. The second-order valence-corrected chi connectivity index (χ2v) is 6.13. The van der Waals surface area contributed by atoms with Crippen molar-refractivity contribution < 1.29 is 4.74 Å². The lowest BCUT2D eigenvalue weighted by Gasteiger charge is -2.22. The van der Waals surface area contributed by atoms with E-state index >= 15 is 0 Å². The average Bonchev–Trinajstić information content (AvgIpc) is 3.14. The SMILES string of the molecule is C=CN=C(C=C)c1nc2c(c(N(C)CCOc3ccccc3)n1)CCC2. The smallest absolute Gasteiger partial charge is 0.180 e. The number of fused-ring (bicyclic) bond motifs is 1. The largest absolute Gasteiger partial charge is 0.492 e. The number of allylic oxidation sites excluding steroid dienone is 1. The minimum atomic E-state index is 0.587. The zero-order valence-corrected chi connectivity index (χ0v) is 15.2. The molecular formula is C21H24N4O. The maximum absolute atomic E-state index is 5.82. The van der Waals surface area contributed by atoms with Gasteiger partial charge in [0.2, 0.25) is 0 Å². The number of hydrogen-bond acceptors (Lipinski definition) is 5. The molecule has 0 amide bonds. The molecule has 3 rings (SSSR count). The first-order valence-corrected chi connectivity index (χ1v) is 8.83. The van der Waals surface area contributed by atoms with Crippen molar-refractivity contribution in [3.63, 3.8) is 0 Å². The summed E-state index contributed by atoms with van der Waals surface area (Å²) in [5, 5.41) is 0. The second kappa shape index (κ2) is 8.43. The zero-order valence-electron chi connectivity index (χ0n) is 15.2. The first-order valence-electron chi connectivity index (χ1n) is 8.83. The summed E-state index contributed by atoms with van der Waals surface area (Å²) >= 11 is 0. The number of hydrogen-bond donors (Lipinski definition) is 0. The van der Waals surface area contributed by atoms with Crippen LogP contribution in [0.2, 0.25) is 0 Å². The molecule has 26 heavy (non-hydrogen) atoms. The van der Waals surface area contributed by atoms with Crippen molar-refractivity contribution in [2.45, 2.75) is 19.3 Å². The Morgan fingerprint density at radius 1 is 1.23 bits per heavy atom. The minimum absolute atomic E-state index is 0.587. The Kier molecular flexibility index (Phi) is 5.79. The van der Waals surface area contributed by atoms with Gasteiger partial charge < -0.3 is 9.64 Å². The number of rotatable bonds is 8. The van der Waals surface area contributed by atoms with Crippen molar-refractivity contribution in [2.75, 3.05) is 25.1 Å². The molecule has 0 atom stereocenters. The monoisotopic (exact) mass is 348 g/mol. The van der Waals surface area contributed by atoms with Crippen molar-refractivity contribution in [1.82, 2.24) is 9.97 Å². The molecule has 0 spiro atoms. The molecule has 0 saturated heterocycles. The Morgan fingerprint density at radius 3 is 2.77 bits per heavy atom. The van der Waals surface area contributed by atoms with Crippen LogP contribution in [0, 0.1) is 0 Å². The van der Waals surface area contributed by atoms with Gasteiger partial charge in [-0.25, -0.2) is 9.97 Å². The van der Waals surface area contributed by atoms with Crippen LogP contribution in [-0.2, 0) is 12.8 Å². The maximum Gasteiger partial charge on any atom is 0.180 e. The van der Waals surface area contributed by atoms with Crippen LogP contribution in [0.4, 0.5) is 5.82 Å². The third-order valence-corrected chi connectivity index (χ3v) is 4.36. The molecule has 0 N–H and O–H groups in total. The van der Waals surface area contributed by atoms with Gasteiger partial charge in [0.1, 0.15) is 23.9 Å². The molecule has 134 valence electrons. The average molecular weight is 348 g/mol. The van der Waals surface area contributed by atoms with Crippen LogP contribution in [0.25, 0.3) is 0 Å². The van der Waals surface area contributed by atoms with E-state index in [-0.39, 0.29) is 0 Å². The number of ether oxygens (including phenoxy) is 1. The van der Waals surface area contributed by atoms with Gasteiger partial charge >= 0.3 is 0 Å². The first-order chi connectivity index (χ1) is 12.7. The van der Waals surface area contributed by atoms with Gasteiger partial charge in [0.25, 0.3) is 0 Å². The van der Waals surface area contributed by atoms with Crippen molar-refractivity contribution in [2.24, 2.45) is 4.99 Å². The van der Waals surface area contributed by atoms with E-state index in [2.05, 4.69) is 23.1 Å². The van der Waals surface area contributed by atoms with Crippen molar-refractivity contribution in [3.05, 3.63) is 72.8 Å². The third-order valence-electron chi connectivity index (χ3n) is 4.36. The molecular weight excluding hydrogens is 324 g/mol. The lowest BCUT2D eigenvalue weighted by Crippen LogP contribution is -2.27. The van der Waals surface area contributed by atoms with Gasteiger partial charge in [-0.15, -0.1) is 0 Å². The molecule has 0 saturated carbocycles. The number of para-hydroxylation sites is 1. The van der Waals surface area contributed by atoms with Crippen molar-refractivity contribution >= 4 is 11.5 Å². The Hall–Kier alpha value is -2.95. The Morgan fingerprint density at radius 2 is 2.04 bits per heavy atom. The summed E-state index contributed by atoms with van der Waals surface area (Å²) in [6.45, 7) is 8.79. The number of aryl methyl sites for hydroxylation is 1. The summed E-state index contributed by atoms with van der Waals surface area (Å²) < 4.78 is 5.82. The highest BCUT2D eigenvalue weighted by molar-refractivity contribution is 6.06. The fraction of sp³-hybridized carbons (Fsp3) is 0.286. The maximum atomic E-state index is 5.82. The van der Waals surface area contributed by atoms with Crippen molar-refractivity contribution in [3.8, 4) is 5.75 Å². The van der Waals surface area contributed by atoms with Crippen molar-refractivity contribution in [1.29, 1.82) is 0 Å². The molecule has 1 heterocycles. The Labute approximate surface area is 154 Å². The lowest BCUT2D eigenvalue weighted by molar-refractivity contribution is 0.325. The predicted octanol–water partition coefficient (Wildman–Crippen LogP) is 3.60.